The Bertz CT molecular complexity index is 787. The Morgan fingerprint density at radius 2 is 2.08 bits per heavy atom. The lowest BCUT2D eigenvalue weighted by Gasteiger charge is -2.33. The van der Waals surface area contributed by atoms with Crippen LogP contribution >= 0.6 is 0 Å². The van der Waals surface area contributed by atoms with Gasteiger partial charge in [0.05, 0.1) is 5.52 Å². The van der Waals surface area contributed by atoms with Gasteiger partial charge in [-0.05, 0) is 63.1 Å². The average Bonchev–Trinajstić information content (AvgIpc) is 2.95. The van der Waals surface area contributed by atoms with E-state index in [9.17, 15) is 4.79 Å². The van der Waals surface area contributed by atoms with Gasteiger partial charge in [-0.1, -0.05) is 6.07 Å². The van der Waals surface area contributed by atoms with Gasteiger partial charge in [0.1, 0.15) is 11.3 Å². The quantitative estimate of drug-likeness (QED) is 0.814. The van der Waals surface area contributed by atoms with Crippen LogP contribution in [0.4, 0.5) is 4.79 Å². The molecule has 1 aromatic heterocycles. The van der Waals surface area contributed by atoms with Crippen LogP contribution in [0.3, 0.4) is 0 Å². The smallest absolute Gasteiger partial charge is 0.410 e. The Kier molecular flexibility index (Phi) is 4.23. The van der Waals surface area contributed by atoms with E-state index < -0.39 is 5.60 Å². The van der Waals surface area contributed by atoms with Crippen LogP contribution in [0.2, 0.25) is 0 Å². The minimum absolute atomic E-state index is 0.221. The second-order valence-corrected chi connectivity index (χ2v) is 7.26. The Hall–Kier alpha value is -2.48. The van der Waals surface area contributed by atoms with Crippen LogP contribution in [0, 0.1) is 12.3 Å². The molecule has 3 rings (SSSR count). The molecule has 0 spiro atoms. The second-order valence-electron chi connectivity index (χ2n) is 7.26. The molecule has 2 aromatic rings. The molecule has 5 nitrogen and oxygen atoms in total. The summed E-state index contributed by atoms with van der Waals surface area (Å²) < 4.78 is 5.45. The van der Waals surface area contributed by atoms with Crippen molar-refractivity contribution in [1.29, 1.82) is 0 Å². The summed E-state index contributed by atoms with van der Waals surface area (Å²) in [5, 5.41) is 8.08. The number of likely N-dealkylation sites (tertiary alicyclic amines) is 1. The fraction of sp³-hybridized carbons (Fsp3) is 0.474. The molecule has 0 radical (unpaired) electrons. The van der Waals surface area contributed by atoms with Gasteiger partial charge in [-0.25, -0.2) is 4.79 Å². The molecule has 2 heterocycles. The summed E-state index contributed by atoms with van der Waals surface area (Å²) in [6.07, 6.45) is 7.13. The number of ether oxygens (including phenoxy) is 1. The molecule has 1 N–H and O–H groups in total. The summed E-state index contributed by atoms with van der Waals surface area (Å²) in [7, 11) is 0. The molecule has 126 valence electrons. The average molecular weight is 325 g/mol. The molecule has 1 saturated heterocycles. The molecule has 1 aliphatic heterocycles. The minimum atomic E-state index is -0.453. The van der Waals surface area contributed by atoms with Gasteiger partial charge >= 0.3 is 6.09 Å². The number of nitrogens with zero attached hydrogens (tertiary/aromatic N) is 2. The zero-order valence-electron chi connectivity index (χ0n) is 14.4. The highest BCUT2D eigenvalue weighted by Crippen LogP contribution is 2.31. The summed E-state index contributed by atoms with van der Waals surface area (Å²) in [5.41, 5.74) is 2.41. The zero-order valence-corrected chi connectivity index (χ0v) is 14.4. The largest absolute Gasteiger partial charge is 0.444 e. The van der Waals surface area contributed by atoms with Crippen LogP contribution in [-0.4, -0.2) is 39.9 Å². The van der Waals surface area contributed by atoms with Crippen molar-refractivity contribution in [1.82, 2.24) is 15.1 Å². The molecule has 1 aromatic carbocycles. The summed E-state index contributed by atoms with van der Waals surface area (Å²) in [6.45, 7) is 7.10. The molecule has 0 bridgehead atoms. The van der Waals surface area contributed by atoms with Gasteiger partial charge in [0.15, 0.2) is 0 Å². The Morgan fingerprint density at radius 1 is 1.38 bits per heavy atom. The van der Waals surface area contributed by atoms with Crippen molar-refractivity contribution in [3.63, 3.8) is 0 Å². The fourth-order valence-electron chi connectivity index (χ4n) is 3.12. The predicted octanol–water partition coefficient (Wildman–Crippen LogP) is 3.66. The van der Waals surface area contributed by atoms with Gasteiger partial charge in [0.2, 0.25) is 0 Å². The van der Waals surface area contributed by atoms with Crippen LogP contribution in [0.25, 0.3) is 10.9 Å². The van der Waals surface area contributed by atoms with Gasteiger partial charge in [-0.3, -0.25) is 5.10 Å². The third-order valence-electron chi connectivity index (χ3n) is 4.34. The highest BCUT2D eigenvalue weighted by Gasteiger charge is 2.27. The number of carbonyl (C=O) groups excluding carboxylic acids is 1. The van der Waals surface area contributed by atoms with Crippen molar-refractivity contribution in [2.45, 2.75) is 45.1 Å². The molecule has 1 amide bonds. The first-order valence-corrected chi connectivity index (χ1v) is 8.30. The molecule has 24 heavy (non-hydrogen) atoms. The Balaban J connectivity index is 1.69. The van der Waals surface area contributed by atoms with Crippen LogP contribution in [0.5, 0.6) is 0 Å². The van der Waals surface area contributed by atoms with Gasteiger partial charge < -0.3 is 9.64 Å². The fourth-order valence-corrected chi connectivity index (χ4v) is 3.12. The number of benzene rings is 1. The lowest BCUT2D eigenvalue weighted by molar-refractivity contribution is 0.0205. The Morgan fingerprint density at radius 3 is 2.71 bits per heavy atom. The number of hydrogen-bond donors (Lipinski definition) is 1. The number of aromatic amines is 1. The van der Waals surface area contributed by atoms with Crippen molar-refractivity contribution < 1.29 is 9.53 Å². The van der Waals surface area contributed by atoms with Crippen molar-refractivity contribution in [2.24, 2.45) is 0 Å². The Labute approximate surface area is 142 Å². The maximum Gasteiger partial charge on any atom is 0.410 e. The number of carbonyl (C=O) groups is 1. The van der Waals surface area contributed by atoms with E-state index in [1.807, 2.05) is 26.8 Å². The number of terminal acetylenes is 1. The minimum Gasteiger partial charge on any atom is -0.444 e. The van der Waals surface area contributed by atoms with Crippen molar-refractivity contribution in [3.8, 4) is 12.3 Å². The predicted molar refractivity (Wildman–Crippen MR) is 93.8 cm³/mol. The van der Waals surface area contributed by atoms with E-state index in [4.69, 9.17) is 11.2 Å². The summed E-state index contributed by atoms with van der Waals surface area (Å²) >= 11 is 0. The first-order chi connectivity index (χ1) is 11.4. The van der Waals surface area contributed by atoms with E-state index in [1.54, 1.807) is 4.90 Å². The highest BCUT2D eigenvalue weighted by molar-refractivity contribution is 5.84. The van der Waals surface area contributed by atoms with Gasteiger partial charge in [0, 0.05) is 18.5 Å². The molecular weight excluding hydrogens is 302 g/mol. The first kappa shape index (κ1) is 16.4. The number of amides is 1. The molecular formula is C19H23N3O2. The maximum absolute atomic E-state index is 12.1. The van der Waals surface area contributed by atoms with Gasteiger partial charge in [0.25, 0.3) is 0 Å². The molecule has 1 aliphatic rings. The molecule has 0 aliphatic carbocycles. The van der Waals surface area contributed by atoms with E-state index in [1.165, 1.54) is 5.56 Å². The summed E-state index contributed by atoms with van der Waals surface area (Å²) in [6, 6.07) is 6.27. The normalized spacial score (nSPS) is 16.2. The van der Waals surface area contributed by atoms with Crippen LogP contribution in [0.1, 0.15) is 50.8 Å². The lowest BCUT2D eigenvalue weighted by atomic mass is 9.89. The van der Waals surface area contributed by atoms with Crippen molar-refractivity contribution in [3.05, 3.63) is 29.5 Å². The van der Waals surface area contributed by atoms with E-state index in [2.05, 4.69) is 28.3 Å². The second kappa shape index (κ2) is 6.20. The van der Waals surface area contributed by atoms with Crippen molar-refractivity contribution >= 4 is 17.0 Å². The number of fused-ring (bicyclic) bond motifs is 1. The van der Waals surface area contributed by atoms with Crippen LogP contribution in [-0.2, 0) is 4.74 Å². The molecule has 5 heteroatoms. The number of piperidine rings is 1. The SMILES string of the molecule is C#Cc1n[nH]c2ccc(C3CCN(C(=O)OC(C)(C)C)CC3)cc12. The third-order valence-corrected chi connectivity index (χ3v) is 4.34. The van der Waals surface area contributed by atoms with Gasteiger partial charge in [-0.15, -0.1) is 6.42 Å². The van der Waals surface area contributed by atoms with E-state index in [0.29, 0.717) is 24.7 Å². The first-order valence-electron chi connectivity index (χ1n) is 8.30. The standard InChI is InChI=1S/C19H23N3O2/c1-5-16-15-12-14(6-7-17(15)21-20-16)13-8-10-22(11-9-13)18(23)24-19(2,3)4/h1,6-7,12-13H,8-11H2,2-4H3,(H,20,21). The van der Waals surface area contributed by atoms with E-state index in [-0.39, 0.29) is 6.09 Å². The number of H-pyrrole nitrogens is 1. The zero-order chi connectivity index (χ0) is 17.3. The van der Waals surface area contributed by atoms with E-state index >= 15 is 0 Å². The monoisotopic (exact) mass is 325 g/mol. The van der Waals surface area contributed by atoms with Crippen molar-refractivity contribution in [2.75, 3.05) is 13.1 Å². The van der Waals surface area contributed by atoms with Gasteiger partial charge in [-0.2, -0.15) is 5.10 Å². The maximum atomic E-state index is 12.1. The van der Waals surface area contributed by atoms with Crippen LogP contribution < -0.4 is 0 Å². The lowest BCUT2D eigenvalue weighted by Crippen LogP contribution is -2.41. The number of rotatable bonds is 1. The third kappa shape index (κ3) is 3.38. The number of aromatic nitrogens is 2. The van der Waals surface area contributed by atoms with E-state index in [0.717, 1.165) is 23.7 Å². The number of hydrogen-bond acceptors (Lipinski definition) is 3. The number of nitrogens with one attached hydrogen (secondary N) is 1. The molecule has 0 atom stereocenters. The summed E-state index contributed by atoms with van der Waals surface area (Å²) in [5.74, 6) is 3.04. The molecule has 0 unspecified atom stereocenters. The molecule has 0 saturated carbocycles. The topological polar surface area (TPSA) is 58.2 Å². The van der Waals surface area contributed by atoms with Crippen LogP contribution in [0.15, 0.2) is 18.2 Å². The molecule has 1 fully saturated rings. The highest BCUT2D eigenvalue weighted by atomic mass is 16.6. The summed E-state index contributed by atoms with van der Waals surface area (Å²) in [4.78, 5) is 13.9.